The van der Waals surface area contributed by atoms with E-state index in [0.29, 0.717) is 0 Å². The molecule has 0 aliphatic rings. The van der Waals surface area contributed by atoms with Gasteiger partial charge in [-0.1, -0.05) is 41.9 Å². The lowest BCUT2D eigenvalue weighted by molar-refractivity contribution is -0.131. The SMILES string of the molecule is O=C(O)/C=C/c1ccc(COc2cccc(Cl)c2F)cc1. The Morgan fingerprint density at radius 3 is 2.62 bits per heavy atom. The Hall–Kier alpha value is -2.33. The number of ether oxygens (including phenoxy) is 1. The predicted molar refractivity (Wildman–Crippen MR) is 78.9 cm³/mol. The maximum Gasteiger partial charge on any atom is 0.328 e. The van der Waals surface area contributed by atoms with Gasteiger partial charge in [-0.15, -0.1) is 0 Å². The highest BCUT2D eigenvalue weighted by atomic mass is 35.5. The summed E-state index contributed by atoms with van der Waals surface area (Å²) in [7, 11) is 0. The van der Waals surface area contributed by atoms with Gasteiger partial charge in [0.05, 0.1) is 5.02 Å². The maximum absolute atomic E-state index is 13.6. The van der Waals surface area contributed by atoms with Crippen molar-refractivity contribution in [3.63, 3.8) is 0 Å². The fraction of sp³-hybridized carbons (Fsp3) is 0.0625. The quantitative estimate of drug-likeness (QED) is 0.844. The van der Waals surface area contributed by atoms with Gasteiger partial charge in [0.2, 0.25) is 0 Å². The first-order chi connectivity index (χ1) is 10.1. The highest BCUT2D eigenvalue weighted by Crippen LogP contribution is 2.24. The van der Waals surface area contributed by atoms with E-state index in [9.17, 15) is 9.18 Å². The summed E-state index contributed by atoms with van der Waals surface area (Å²) in [6.45, 7) is 0.195. The second kappa shape index (κ2) is 6.90. The van der Waals surface area contributed by atoms with Gasteiger partial charge in [-0.25, -0.2) is 9.18 Å². The van der Waals surface area contributed by atoms with E-state index in [-0.39, 0.29) is 17.4 Å². The van der Waals surface area contributed by atoms with Crippen molar-refractivity contribution in [3.8, 4) is 5.75 Å². The topological polar surface area (TPSA) is 46.5 Å². The fourth-order valence-electron chi connectivity index (χ4n) is 1.65. The molecule has 2 rings (SSSR count). The van der Waals surface area contributed by atoms with Gasteiger partial charge < -0.3 is 9.84 Å². The van der Waals surface area contributed by atoms with Crippen LogP contribution in [-0.2, 0) is 11.4 Å². The molecule has 3 nitrogen and oxygen atoms in total. The van der Waals surface area contributed by atoms with Crippen molar-refractivity contribution in [2.24, 2.45) is 0 Å². The third kappa shape index (κ3) is 4.33. The van der Waals surface area contributed by atoms with E-state index in [0.717, 1.165) is 17.2 Å². The molecular weight excluding hydrogens is 295 g/mol. The summed E-state index contributed by atoms with van der Waals surface area (Å²) in [6, 6.07) is 11.6. The average Bonchev–Trinajstić information content (AvgIpc) is 2.48. The summed E-state index contributed by atoms with van der Waals surface area (Å²) < 4.78 is 19.0. The highest BCUT2D eigenvalue weighted by molar-refractivity contribution is 6.30. The van der Waals surface area contributed by atoms with Crippen LogP contribution in [0.4, 0.5) is 4.39 Å². The van der Waals surface area contributed by atoms with Crippen LogP contribution in [0, 0.1) is 5.82 Å². The third-order valence-corrected chi connectivity index (χ3v) is 3.00. The Morgan fingerprint density at radius 1 is 1.24 bits per heavy atom. The van der Waals surface area contributed by atoms with Crippen molar-refractivity contribution in [1.82, 2.24) is 0 Å². The van der Waals surface area contributed by atoms with Gasteiger partial charge >= 0.3 is 5.97 Å². The lowest BCUT2D eigenvalue weighted by Crippen LogP contribution is -1.97. The molecular formula is C16H12ClFO3. The minimum atomic E-state index is -1.00. The molecule has 0 aliphatic heterocycles. The van der Waals surface area contributed by atoms with Crippen molar-refractivity contribution in [3.05, 3.63) is 70.5 Å². The van der Waals surface area contributed by atoms with E-state index in [1.54, 1.807) is 30.3 Å². The summed E-state index contributed by atoms with van der Waals surface area (Å²) in [5, 5.41) is 8.55. The highest BCUT2D eigenvalue weighted by Gasteiger charge is 2.07. The van der Waals surface area contributed by atoms with Crippen LogP contribution in [0.15, 0.2) is 48.5 Å². The summed E-state index contributed by atoms with van der Waals surface area (Å²) >= 11 is 5.67. The molecule has 5 heteroatoms. The van der Waals surface area contributed by atoms with Crippen molar-refractivity contribution < 1.29 is 19.0 Å². The normalized spacial score (nSPS) is 10.8. The zero-order valence-electron chi connectivity index (χ0n) is 10.9. The second-order valence-corrected chi connectivity index (χ2v) is 4.66. The monoisotopic (exact) mass is 306 g/mol. The van der Waals surface area contributed by atoms with Gasteiger partial charge in [0.25, 0.3) is 0 Å². The van der Waals surface area contributed by atoms with Gasteiger partial charge in [-0.3, -0.25) is 0 Å². The standard InChI is InChI=1S/C16H12ClFO3/c17-13-2-1-3-14(16(13)18)21-10-12-6-4-11(5-7-12)8-9-15(19)20/h1-9H,10H2,(H,19,20)/b9-8+. The summed E-state index contributed by atoms with van der Waals surface area (Å²) in [5.41, 5.74) is 1.59. The van der Waals surface area contributed by atoms with Crippen LogP contribution in [0.5, 0.6) is 5.75 Å². The first kappa shape index (κ1) is 15.1. The zero-order valence-corrected chi connectivity index (χ0v) is 11.7. The first-order valence-corrected chi connectivity index (χ1v) is 6.51. The van der Waals surface area contributed by atoms with Gasteiger partial charge in [-0.2, -0.15) is 0 Å². The lowest BCUT2D eigenvalue weighted by atomic mass is 10.1. The van der Waals surface area contributed by atoms with Crippen LogP contribution in [0.25, 0.3) is 6.08 Å². The van der Waals surface area contributed by atoms with E-state index in [2.05, 4.69) is 0 Å². The van der Waals surface area contributed by atoms with E-state index in [1.165, 1.54) is 18.2 Å². The maximum atomic E-state index is 13.6. The van der Waals surface area contributed by atoms with E-state index in [4.69, 9.17) is 21.4 Å². The molecule has 0 spiro atoms. The van der Waals surface area contributed by atoms with E-state index >= 15 is 0 Å². The molecule has 0 radical (unpaired) electrons. The molecule has 0 saturated heterocycles. The molecule has 0 aliphatic carbocycles. The Bertz CT molecular complexity index is 666. The molecule has 0 unspecified atom stereocenters. The molecule has 2 aromatic carbocycles. The smallest absolute Gasteiger partial charge is 0.328 e. The number of carbonyl (C=O) groups is 1. The third-order valence-electron chi connectivity index (χ3n) is 2.71. The molecule has 0 saturated carbocycles. The average molecular weight is 307 g/mol. The molecule has 0 atom stereocenters. The molecule has 21 heavy (non-hydrogen) atoms. The van der Waals surface area contributed by atoms with Crippen LogP contribution < -0.4 is 4.74 Å². The lowest BCUT2D eigenvalue weighted by Gasteiger charge is -2.08. The predicted octanol–water partition coefficient (Wildman–Crippen LogP) is 4.16. The van der Waals surface area contributed by atoms with Gasteiger partial charge in [-0.05, 0) is 29.3 Å². The Morgan fingerprint density at radius 2 is 1.95 bits per heavy atom. The number of rotatable bonds is 5. The van der Waals surface area contributed by atoms with Crippen molar-refractivity contribution >= 4 is 23.6 Å². The van der Waals surface area contributed by atoms with E-state index < -0.39 is 11.8 Å². The van der Waals surface area contributed by atoms with Crippen molar-refractivity contribution in [1.29, 1.82) is 0 Å². The molecule has 0 aromatic heterocycles. The first-order valence-electron chi connectivity index (χ1n) is 6.13. The van der Waals surface area contributed by atoms with Crippen LogP contribution in [-0.4, -0.2) is 11.1 Å². The summed E-state index contributed by atoms with van der Waals surface area (Å²) in [5.74, 6) is -1.49. The molecule has 0 heterocycles. The zero-order chi connectivity index (χ0) is 15.2. The number of carboxylic acid groups (broad SMARTS) is 1. The number of hydrogen-bond acceptors (Lipinski definition) is 2. The summed E-state index contributed by atoms with van der Waals surface area (Å²) in [4.78, 5) is 10.4. The van der Waals surface area contributed by atoms with Gasteiger partial charge in [0.15, 0.2) is 11.6 Å². The fourth-order valence-corrected chi connectivity index (χ4v) is 1.81. The Balaban J connectivity index is 2.01. The molecule has 0 fully saturated rings. The number of carboxylic acids is 1. The summed E-state index contributed by atoms with van der Waals surface area (Å²) in [6.07, 6.45) is 2.55. The van der Waals surface area contributed by atoms with Crippen molar-refractivity contribution in [2.75, 3.05) is 0 Å². The van der Waals surface area contributed by atoms with Gasteiger partial charge in [0, 0.05) is 6.08 Å². The van der Waals surface area contributed by atoms with Crippen LogP contribution >= 0.6 is 11.6 Å². The molecule has 0 amide bonds. The molecule has 108 valence electrons. The minimum absolute atomic E-state index is 0.0154. The van der Waals surface area contributed by atoms with Crippen molar-refractivity contribution in [2.45, 2.75) is 6.61 Å². The van der Waals surface area contributed by atoms with E-state index in [1.807, 2.05) is 0 Å². The minimum Gasteiger partial charge on any atom is -0.486 e. The number of benzene rings is 2. The van der Waals surface area contributed by atoms with Crippen LogP contribution in [0.2, 0.25) is 5.02 Å². The largest absolute Gasteiger partial charge is 0.486 e. The Kier molecular flexibility index (Phi) is 4.95. The number of halogens is 2. The Labute approximate surface area is 126 Å². The molecule has 0 bridgehead atoms. The van der Waals surface area contributed by atoms with Crippen LogP contribution in [0.3, 0.4) is 0 Å². The van der Waals surface area contributed by atoms with Gasteiger partial charge in [0.1, 0.15) is 6.61 Å². The number of hydrogen-bond donors (Lipinski definition) is 1. The molecule has 1 N–H and O–H groups in total. The number of aliphatic carboxylic acids is 1. The molecule has 2 aromatic rings. The second-order valence-electron chi connectivity index (χ2n) is 4.25. The van der Waals surface area contributed by atoms with Crippen LogP contribution in [0.1, 0.15) is 11.1 Å².